The van der Waals surface area contributed by atoms with E-state index in [0.29, 0.717) is 17.0 Å². The molecule has 0 aliphatic carbocycles. The summed E-state index contributed by atoms with van der Waals surface area (Å²) < 4.78 is 18.3. The second kappa shape index (κ2) is 6.53. The lowest BCUT2D eigenvalue weighted by atomic mass is 9.95. The highest BCUT2D eigenvalue weighted by atomic mass is 19.1. The van der Waals surface area contributed by atoms with Crippen LogP contribution in [-0.2, 0) is 0 Å². The number of hydrogen-bond acceptors (Lipinski definition) is 2. The van der Waals surface area contributed by atoms with Gasteiger partial charge in [0, 0.05) is 11.1 Å². The molecule has 1 unspecified atom stereocenters. The maximum atomic E-state index is 13.4. The molecule has 0 bridgehead atoms. The van der Waals surface area contributed by atoms with Gasteiger partial charge in [-0.25, -0.2) is 4.39 Å². The number of carbonyl (C=O) groups excluding carboxylic acids is 1. The topological polar surface area (TPSA) is 26.3 Å². The Hall–Kier alpha value is -2.16. The smallest absolute Gasteiger partial charge is 0.193 e. The molecule has 0 aliphatic heterocycles. The maximum Gasteiger partial charge on any atom is 0.193 e. The van der Waals surface area contributed by atoms with Crippen LogP contribution in [0.2, 0.25) is 0 Å². The minimum absolute atomic E-state index is 0.0806. The summed E-state index contributed by atoms with van der Waals surface area (Å²) in [5.41, 5.74) is 2.23. The molecule has 0 N–H and O–H groups in total. The molecular formula is C18H19FO2. The summed E-state index contributed by atoms with van der Waals surface area (Å²) in [6.07, 6.45) is 1.06. The third-order valence-corrected chi connectivity index (χ3v) is 3.77. The van der Waals surface area contributed by atoms with Gasteiger partial charge in [-0.1, -0.05) is 38.1 Å². The maximum absolute atomic E-state index is 13.4. The number of carbonyl (C=O) groups is 1. The van der Waals surface area contributed by atoms with E-state index in [4.69, 9.17) is 4.74 Å². The van der Waals surface area contributed by atoms with E-state index in [2.05, 4.69) is 13.8 Å². The minimum Gasteiger partial charge on any atom is -0.494 e. The molecule has 0 aliphatic rings. The van der Waals surface area contributed by atoms with Gasteiger partial charge in [0.05, 0.1) is 7.11 Å². The van der Waals surface area contributed by atoms with Gasteiger partial charge in [-0.15, -0.1) is 0 Å². The van der Waals surface area contributed by atoms with Crippen LogP contribution in [0, 0.1) is 5.82 Å². The Morgan fingerprint density at radius 1 is 1.14 bits per heavy atom. The summed E-state index contributed by atoms with van der Waals surface area (Å²) in [5.74, 6) is -0.0534. The molecule has 0 saturated carbocycles. The van der Waals surface area contributed by atoms with E-state index in [1.165, 1.54) is 30.9 Å². The van der Waals surface area contributed by atoms with Crippen molar-refractivity contribution in [1.82, 2.24) is 0 Å². The number of ketones is 1. The fourth-order valence-electron chi connectivity index (χ4n) is 2.17. The zero-order valence-corrected chi connectivity index (χ0v) is 12.5. The molecule has 2 rings (SSSR count). The normalized spacial score (nSPS) is 12.0. The van der Waals surface area contributed by atoms with Crippen molar-refractivity contribution in [2.45, 2.75) is 26.2 Å². The van der Waals surface area contributed by atoms with Crippen LogP contribution in [0.5, 0.6) is 5.75 Å². The van der Waals surface area contributed by atoms with Gasteiger partial charge >= 0.3 is 0 Å². The molecule has 0 radical (unpaired) electrons. The monoisotopic (exact) mass is 286 g/mol. The Kier molecular flexibility index (Phi) is 4.73. The van der Waals surface area contributed by atoms with Crippen molar-refractivity contribution in [2.24, 2.45) is 0 Å². The Morgan fingerprint density at radius 2 is 1.76 bits per heavy atom. The molecular weight excluding hydrogens is 267 g/mol. The first-order valence-corrected chi connectivity index (χ1v) is 7.05. The van der Waals surface area contributed by atoms with Crippen molar-refractivity contribution >= 4 is 5.78 Å². The largest absolute Gasteiger partial charge is 0.494 e. The van der Waals surface area contributed by atoms with Crippen LogP contribution >= 0.6 is 0 Å². The first-order valence-electron chi connectivity index (χ1n) is 7.05. The van der Waals surface area contributed by atoms with E-state index in [0.717, 1.165) is 6.42 Å². The molecule has 110 valence electrons. The molecule has 0 heterocycles. The minimum atomic E-state index is -0.471. The van der Waals surface area contributed by atoms with E-state index >= 15 is 0 Å². The summed E-state index contributed by atoms with van der Waals surface area (Å²) in [5, 5.41) is 0. The number of hydrogen-bond donors (Lipinski definition) is 0. The van der Waals surface area contributed by atoms with Crippen molar-refractivity contribution in [3.8, 4) is 5.75 Å². The van der Waals surface area contributed by atoms with Crippen LogP contribution in [0.15, 0.2) is 42.5 Å². The molecule has 0 saturated heterocycles. The Bertz CT molecular complexity index is 632. The van der Waals surface area contributed by atoms with Crippen molar-refractivity contribution in [3.63, 3.8) is 0 Å². The molecule has 0 spiro atoms. The molecule has 0 aromatic heterocycles. The predicted octanol–water partition coefficient (Wildman–Crippen LogP) is 4.58. The Labute approximate surface area is 124 Å². The Balaban J connectivity index is 2.27. The van der Waals surface area contributed by atoms with Crippen LogP contribution in [-0.4, -0.2) is 12.9 Å². The van der Waals surface area contributed by atoms with Crippen molar-refractivity contribution in [1.29, 1.82) is 0 Å². The van der Waals surface area contributed by atoms with Gasteiger partial charge in [0.1, 0.15) is 0 Å². The molecule has 0 fully saturated rings. The van der Waals surface area contributed by atoms with Crippen LogP contribution in [0.3, 0.4) is 0 Å². The summed E-state index contributed by atoms with van der Waals surface area (Å²) in [4.78, 5) is 12.4. The van der Waals surface area contributed by atoms with Gasteiger partial charge in [0.2, 0.25) is 0 Å². The first kappa shape index (κ1) is 15.2. The zero-order valence-electron chi connectivity index (χ0n) is 12.5. The molecule has 2 aromatic rings. The molecule has 3 heteroatoms. The van der Waals surface area contributed by atoms with Gasteiger partial charge in [0.15, 0.2) is 17.3 Å². The highest BCUT2D eigenvalue weighted by molar-refractivity contribution is 6.09. The highest BCUT2D eigenvalue weighted by Crippen LogP contribution is 2.22. The summed E-state index contributed by atoms with van der Waals surface area (Å²) >= 11 is 0. The third kappa shape index (κ3) is 3.30. The standard InChI is InChI=1S/C18H19FO2/c1-4-12(2)13-5-7-14(8-6-13)18(20)15-9-10-16(19)17(11-15)21-3/h5-12H,4H2,1-3H3. The van der Waals surface area contributed by atoms with E-state index in [1.54, 1.807) is 0 Å². The third-order valence-electron chi connectivity index (χ3n) is 3.77. The summed E-state index contributed by atoms with van der Waals surface area (Å²) in [7, 11) is 1.38. The lowest BCUT2D eigenvalue weighted by Gasteiger charge is -2.10. The fourth-order valence-corrected chi connectivity index (χ4v) is 2.17. The number of methoxy groups -OCH3 is 1. The number of ether oxygens (including phenoxy) is 1. The average Bonchev–Trinajstić information content (AvgIpc) is 2.54. The fraction of sp³-hybridized carbons (Fsp3) is 0.278. The molecule has 2 aromatic carbocycles. The number of rotatable bonds is 5. The number of benzene rings is 2. The lowest BCUT2D eigenvalue weighted by Crippen LogP contribution is -2.03. The number of halogens is 1. The SMILES string of the molecule is CCC(C)c1ccc(C(=O)c2ccc(F)c(OC)c2)cc1. The van der Waals surface area contributed by atoms with Crippen LogP contribution in [0.1, 0.15) is 47.7 Å². The van der Waals surface area contributed by atoms with Gasteiger partial charge in [-0.05, 0) is 36.1 Å². The molecule has 2 nitrogen and oxygen atoms in total. The van der Waals surface area contributed by atoms with Gasteiger partial charge in [-0.3, -0.25) is 4.79 Å². The van der Waals surface area contributed by atoms with Gasteiger partial charge < -0.3 is 4.74 Å². The van der Waals surface area contributed by atoms with Crippen LogP contribution < -0.4 is 4.74 Å². The zero-order chi connectivity index (χ0) is 15.4. The predicted molar refractivity (Wildman–Crippen MR) is 81.5 cm³/mol. The van der Waals surface area contributed by atoms with Crippen molar-refractivity contribution in [3.05, 3.63) is 65.0 Å². The molecule has 1 atom stereocenters. The quantitative estimate of drug-likeness (QED) is 0.752. The second-order valence-corrected chi connectivity index (χ2v) is 5.11. The Morgan fingerprint density at radius 3 is 2.33 bits per heavy atom. The average molecular weight is 286 g/mol. The van der Waals surface area contributed by atoms with E-state index < -0.39 is 5.82 Å². The molecule has 0 amide bonds. The van der Waals surface area contributed by atoms with Crippen molar-refractivity contribution < 1.29 is 13.9 Å². The second-order valence-electron chi connectivity index (χ2n) is 5.11. The first-order chi connectivity index (χ1) is 10.1. The molecule has 21 heavy (non-hydrogen) atoms. The summed E-state index contributed by atoms with van der Waals surface area (Å²) in [6, 6.07) is 11.7. The van der Waals surface area contributed by atoms with E-state index in [9.17, 15) is 9.18 Å². The van der Waals surface area contributed by atoms with E-state index in [-0.39, 0.29) is 11.5 Å². The highest BCUT2D eigenvalue weighted by Gasteiger charge is 2.13. The van der Waals surface area contributed by atoms with Crippen molar-refractivity contribution in [2.75, 3.05) is 7.11 Å². The van der Waals surface area contributed by atoms with Crippen LogP contribution in [0.25, 0.3) is 0 Å². The summed E-state index contributed by atoms with van der Waals surface area (Å²) in [6.45, 7) is 4.29. The van der Waals surface area contributed by atoms with Crippen LogP contribution in [0.4, 0.5) is 4.39 Å². The van der Waals surface area contributed by atoms with Gasteiger partial charge in [0.25, 0.3) is 0 Å². The van der Waals surface area contributed by atoms with E-state index in [1.807, 2.05) is 24.3 Å². The lowest BCUT2D eigenvalue weighted by molar-refractivity contribution is 0.103. The van der Waals surface area contributed by atoms with Gasteiger partial charge in [-0.2, -0.15) is 0 Å².